The maximum absolute atomic E-state index is 9.10. The molecular weight excluding hydrogens is 152 g/mol. The van der Waals surface area contributed by atoms with Crippen molar-refractivity contribution in [2.45, 2.75) is 31.0 Å². The first-order valence-corrected chi connectivity index (χ1v) is 3.45. The van der Waals surface area contributed by atoms with Crippen LogP contribution in [0.1, 0.15) is 6.42 Å². The van der Waals surface area contributed by atoms with Crippen molar-refractivity contribution in [1.82, 2.24) is 0 Å². The molecule has 66 valence electrons. The molecule has 0 radical (unpaired) electrons. The van der Waals surface area contributed by atoms with Crippen LogP contribution in [0.3, 0.4) is 0 Å². The number of ether oxygens (including phenoxy) is 1. The summed E-state index contributed by atoms with van der Waals surface area (Å²) in [5.41, 5.74) is 0. The summed E-state index contributed by atoms with van der Waals surface area (Å²) < 4.78 is 4.67. The first kappa shape index (κ1) is 8.89. The molecule has 0 aliphatic carbocycles. The Bertz CT molecular complexity index is 128. The molecule has 0 aromatic carbocycles. The third-order valence-electron chi connectivity index (χ3n) is 1.74. The van der Waals surface area contributed by atoms with E-state index in [0.717, 1.165) is 0 Å². The number of hydrogen-bond acceptors (Lipinski definition) is 5. The van der Waals surface area contributed by atoms with E-state index < -0.39 is 24.6 Å². The maximum atomic E-state index is 9.10. The first-order valence-electron chi connectivity index (χ1n) is 3.45. The molecule has 1 rings (SSSR count). The molecule has 1 saturated heterocycles. The maximum Gasteiger partial charge on any atom is 0.181 e. The molecule has 1 aliphatic heterocycles. The molecule has 0 bridgehead atoms. The predicted octanol–water partition coefficient (Wildman–Crippen LogP) is -2.19. The fraction of sp³-hybridized carbons (Fsp3) is 1.00. The number of rotatable bonds is 1. The zero-order valence-corrected chi connectivity index (χ0v) is 5.92. The highest BCUT2D eigenvalue weighted by Crippen LogP contribution is 2.18. The summed E-state index contributed by atoms with van der Waals surface area (Å²) in [6.07, 6.45) is -4.01. The van der Waals surface area contributed by atoms with E-state index in [4.69, 9.17) is 20.4 Å². The fourth-order valence-corrected chi connectivity index (χ4v) is 1.04. The highest BCUT2D eigenvalue weighted by molar-refractivity contribution is 4.79. The molecule has 11 heavy (non-hydrogen) atoms. The molecule has 0 aromatic rings. The summed E-state index contributed by atoms with van der Waals surface area (Å²) in [4.78, 5) is 0. The molecule has 1 unspecified atom stereocenters. The smallest absolute Gasteiger partial charge is 0.181 e. The minimum atomic E-state index is -1.30. The van der Waals surface area contributed by atoms with Gasteiger partial charge in [-0.25, -0.2) is 0 Å². The van der Waals surface area contributed by atoms with Crippen molar-refractivity contribution in [3.8, 4) is 0 Å². The Morgan fingerprint density at radius 1 is 1.18 bits per heavy atom. The lowest BCUT2D eigenvalue weighted by Crippen LogP contribution is -2.48. The van der Waals surface area contributed by atoms with Gasteiger partial charge in [0.05, 0.1) is 12.7 Å². The lowest BCUT2D eigenvalue weighted by Gasteiger charge is -2.33. The molecule has 0 amide bonds. The summed E-state index contributed by atoms with van der Waals surface area (Å²) in [5, 5.41) is 35.5. The summed E-state index contributed by atoms with van der Waals surface area (Å²) >= 11 is 0. The van der Waals surface area contributed by atoms with E-state index in [1.54, 1.807) is 0 Å². The van der Waals surface area contributed by atoms with Gasteiger partial charge >= 0.3 is 0 Å². The minimum Gasteiger partial charge on any atom is -0.394 e. The molecule has 5 nitrogen and oxygen atoms in total. The Hall–Kier alpha value is -0.200. The highest BCUT2D eigenvalue weighted by Gasteiger charge is 2.34. The lowest BCUT2D eigenvalue weighted by molar-refractivity contribution is -0.251. The van der Waals surface area contributed by atoms with Gasteiger partial charge in [-0.3, -0.25) is 0 Å². The Morgan fingerprint density at radius 3 is 2.36 bits per heavy atom. The number of aliphatic hydroxyl groups is 4. The quantitative estimate of drug-likeness (QED) is 0.353. The molecule has 4 N–H and O–H groups in total. The summed E-state index contributed by atoms with van der Waals surface area (Å²) in [6, 6.07) is 0. The standard InChI is InChI=1S/C6H12O5/c7-2-5-3(8)1-4(9)6(10)11-5/h3-10H,1-2H2/t3-,4-,5?,6+/m0/s1. The van der Waals surface area contributed by atoms with Crippen molar-refractivity contribution in [1.29, 1.82) is 0 Å². The van der Waals surface area contributed by atoms with Crippen LogP contribution in [0, 0.1) is 0 Å². The van der Waals surface area contributed by atoms with Crippen LogP contribution in [-0.2, 0) is 4.74 Å². The average Bonchev–Trinajstić information content (AvgIpc) is 1.97. The van der Waals surface area contributed by atoms with Gasteiger partial charge in [0.1, 0.15) is 12.2 Å². The SMILES string of the molecule is OCC1O[C@@H](O)[C@@H](O)C[C@@H]1O. The molecule has 0 saturated carbocycles. The van der Waals surface area contributed by atoms with Crippen LogP contribution in [0.4, 0.5) is 0 Å². The molecule has 4 atom stereocenters. The molecule has 1 fully saturated rings. The van der Waals surface area contributed by atoms with Gasteiger partial charge in [0.2, 0.25) is 0 Å². The van der Waals surface area contributed by atoms with Gasteiger partial charge in [-0.1, -0.05) is 0 Å². The van der Waals surface area contributed by atoms with E-state index in [-0.39, 0.29) is 13.0 Å². The van der Waals surface area contributed by atoms with Crippen molar-refractivity contribution in [2.75, 3.05) is 6.61 Å². The topological polar surface area (TPSA) is 90.2 Å². The third-order valence-corrected chi connectivity index (χ3v) is 1.74. The van der Waals surface area contributed by atoms with Crippen LogP contribution in [0.15, 0.2) is 0 Å². The monoisotopic (exact) mass is 164 g/mol. The Balaban J connectivity index is 2.48. The van der Waals surface area contributed by atoms with Crippen LogP contribution < -0.4 is 0 Å². The van der Waals surface area contributed by atoms with Crippen LogP contribution in [-0.4, -0.2) is 51.6 Å². The second-order valence-electron chi connectivity index (χ2n) is 2.62. The van der Waals surface area contributed by atoms with Gasteiger partial charge in [0, 0.05) is 6.42 Å². The van der Waals surface area contributed by atoms with Gasteiger partial charge in [-0.05, 0) is 0 Å². The molecule has 5 heteroatoms. The fourth-order valence-electron chi connectivity index (χ4n) is 1.04. The van der Waals surface area contributed by atoms with Gasteiger partial charge in [0.15, 0.2) is 6.29 Å². The average molecular weight is 164 g/mol. The minimum absolute atomic E-state index is 0.0341. The Morgan fingerprint density at radius 2 is 1.82 bits per heavy atom. The second-order valence-corrected chi connectivity index (χ2v) is 2.62. The molecular formula is C6H12O5. The van der Waals surface area contributed by atoms with Crippen molar-refractivity contribution in [2.24, 2.45) is 0 Å². The highest BCUT2D eigenvalue weighted by atomic mass is 16.6. The van der Waals surface area contributed by atoms with E-state index in [2.05, 4.69) is 4.74 Å². The number of aliphatic hydroxyl groups excluding tert-OH is 4. The summed E-state index contributed by atoms with van der Waals surface area (Å²) in [5.74, 6) is 0. The molecule has 0 aromatic heterocycles. The van der Waals surface area contributed by atoms with Gasteiger partial charge in [0.25, 0.3) is 0 Å². The van der Waals surface area contributed by atoms with Crippen LogP contribution in [0.2, 0.25) is 0 Å². The van der Waals surface area contributed by atoms with E-state index >= 15 is 0 Å². The van der Waals surface area contributed by atoms with E-state index in [0.29, 0.717) is 0 Å². The third kappa shape index (κ3) is 1.88. The van der Waals surface area contributed by atoms with Gasteiger partial charge in [-0.15, -0.1) is 0 Å². The molecule has 1 aliphatic rings. The van der Waals surface area contributed by atoms with Gasteiger partial charge in [-0.2, -0.15) is 0 Å². The predicted molar refractivity (Wildman–Crippen MR) is 34.6 cm³/mol. The summed E-state index contributed by atoms with van der Waals surface area (Å²) in [7, 11) is 0. The normalized spacial score (nSPS) is 45.8. The Labute approximate surface area is 63.8 Å². The van der Waals surface area contributed by atoms with Crippen molar-refractivity contribution in [3.63, 3.8) is 0 Å². The van der Waals surface area contributed by atoms with Crippen molar-refractivity contribution >= 4 is 0 Å². The van der Waals surface area contributed by atoms with E-state index in [1.165, 1.54) is 0 Å². The Kier molecular flexibility index (Phi) is 2.80. The zero-order chi connectivity index (χ0) is 8.43. The number of hydrogen-bond donors (Lipinski definition) is 4. The molecule has 0 spiro atoms. The lowest BCUT2D eigenvalue weighted by atomic mass is 10.0. The van der Waals surface area contributed by atoms with Crippen molar-refractivity contribution in [3.05, 3.63) is 0 Å². The van der Waals surface area contributed by atoms with E-state index in [1.807, 2.05) is 0 Å². The van der Waals surface area contributed by atoms with Crippen LogP contribution >= 0.6 is 0 Å². The molecule has 1 heterocycles. The van der Waals surface area contributed by atoms with Gasteiger partial charge < -0.3 is 25.2 Å². The van der Waals surface area contributed by atoms with E-state index in [9.17, 15) is 0 Å². The van der Waals surface area contributed by atoms with Crippen molar-refractivity contribution < 1.29 is 25.2 Å². The first-order chi connectivity index (χ1) is 5.15. The van der Waals surface area contributed by atoms with Crippen LogP contribution in [0.25, 0.3) is 0 Å². The van der Waals surface area contributed by atoms with Crippen LogP contribution in [0.5, 0.6) is 0 Å². The second kappa shape index (κ2) is 3.46. The summed E-state index contributed by atoms with van der Waals surface area (Å²) in [6.45, 7) is -0.356. The largest absolute Gasteiger partial charge is 0.394 e. The zero-order valence-electron chi connectivity index (χ0n) is 5.92.